The molecule has 11 heteroatoms. The van der Waals surface area contributed by atoms with Gasteiger partial charge >= 0.3 is 18.2 Å². The van der Waals surface area contributed by atoms with Crippen LogP contribution in [0.25, 0.3) is 0 Å². The van der Waals surface area contributed by atoms with Crippen LogP contribution >= 0.6 is 0 Å². The summed E-state index contributed by atoms with van der Waals surface area (Å²) in [5.41, 5.74) is 1.79. The first kappa shape index (κ1) is 35.3. The van der Waals surface area contributed by atoms with Crippen LogP contribution in [0.4, 0.5) is 9.59 Å². The molecule has 0 saturated carbocycles. The van der Waals surface area contributed by atoms with E-state index in [9.17, 15) is 19.2 Å². The molecule has 0 radical (unpaired) electrons. The number of rotatable bonds is 12. The number of amides is 3. The van der Waals surface area contributed by atoms with Gasteiger partial charge in [-0.2, -0.15) is 0 Å². The van der Waals surface area contributed by atoms with Crippen LogP contribution in [0.15, 0.2) is 96.0 Å². The van der Waals surface area contributed by atoms with E-state index >= 15 is 0 Å². The minimum absolute atomic E-state index is 0.00253. The number of carbonyl (C=O) groups is 4. The molecule has 0 bridgehead atoms. The summed E-state index contributed by atoms with van der Waals surface area (Å²) in [6.45, 7) is 6.95. The number of nitrogens with zero attached hydrogens (tertiary/aromatic N) is 1. The molecule has 3 N–H and O–H groups in total. The summed E-state index contributed by atoms with van der Waals surface area (Å²) in [5.74, 6) is -1.72. The fourth-order valence-electron chi connectivity index (χ4n) is 4.16. The Morgan fingerprint density at radius 1 is 0.717 bits per heavy atom. The van der Waals surface area contributed by atoms with Gasteiger partial charge in [0.15, 0.2) is 0 Å². The van der Waals surface area contributed by atoms with Crippen molar-refractivity contribution in [2.24, 2.45) is 10.9 Å². The third-order valence-corrected chi connectivity index (χ3v) is 6.34. The van der Waals surface area contributed by atoms with Gasteiger partial charge in [0, 0.05) is 12.5 Å². The SMILES string of the molecule is C[C@@H](CC(=O)OC(C)(C)C)C(=O)NC[C@H](Cc1ccccc1)N=C(NC(=O)OCc1ccccc1)NC(=O)OCc1ccccc1. The summed E-state index contributed by atoms with van der Waals surface area (Å²) in [4.78, 5) is 55.3. The van der Waals surface area contributed by atoms with Crippen molar-refractivity contribution in [3.63, 3.8) is 0 Å². The Morgan fingerprint density at radius 3 is 1.63 bits per heavy atom. The average molecular weight is 631 g/mol. The minimum atomic E-state index is -0.848. The first-order chi connectivity index (χ1) is 22.0. The van der Waals surface area contributed by atoms with Crippen LogP contribution < -0.4 is 16.0 Å². The maximum Gasteiger partial charge on any atom is 0.414 e. The number of hydrogen-bond donors (Lipinski definition) is 3. The second-order valence-corrected chi connectivity index (χ2v) is 11.6. The van der Waals surface area contributed by atoms with Gasteiger partial charge in [-0.1, -0.05) is 97.9 Å². The highest BCUT2D eigenvalue weighted by Crippen LogP contribution is 2.13. The van der Waals surface area contributed by atoms with E-state index in [1.165, 1.54) is 0 Å². The second kappa shape index (κ2) is 17.9. The maximum absolute atomic E-state index is 12.9. The molecular weight excluding hydrogens is 588 g/mol. The summed E-state index contributed by atoms with van der Waals surface area (Å²) >= 11 is 0. The van der Waals surface area contributed by atoms with Crippen LogP contribution in [0.1, 0.15) is 50.8 Å². The van der Waals surface area contributed by atoms with Gasteiger partial charge in [-0.25, -0.2) is 14.6 Å². The topological polar surface area (TPSA) is 144 Å². The smallest absolute Gasteiger partial charge is 0.414 e. The molecule has 2 atom stereocenters. The van der Waals surface area contributed by atoms with Crippen LogP contribution in [0.2, 0.25) is 0 Å². The third kappa shape index (κ3) is 14.1. The van der Waals surface area contributed by atoms with Crippen molar-refractivity contribution >= 4 is 30.0 Å². The van der Waals surface area contributed by atoms with E-state index in [2.05, 4.69) is 20.9 Å². The van der Waals surface area contributed by atoms with E-state index in [4.69, 9.17) is 14.2 Å². The quantitative estimate of drug-likeness (QED) is 0.107. The molecule has 244 valence electrons. The highest BCUT2D eigenvalue weighted by atomic mass is 16.6. The summed E-state index contributed by atoms with van der Waals surface area (Å²) in [5, 5.41) is 7.82. The molecule has 3 aromatic carbocycles. The predicted octanol–water partition coefficient (Wildman–Crippen LogP) is 5.29. The van der Waals surface area contributed by atoms with E-state index in [1.807, 2.05) is 91.0 Å². The van der Waals surface area contributed by atoms with E-state index in [0.29, 0.717) is 6.42 Å². The molecule has 0 aliphatic rings. The first-order valence-electron chi connectivity index (χ1n) is 15.0. The van der Waals surface area contributed by atoms with Crippen molar-refractivity contribution in [2.75, 3.05) is 6.54 Å². The molecule has 0 fully saturated rings. The van der Waals surface area contributed by atoms with Crippen molar-refractivity contribution in [1.29, 1.82) is 0 Å². The van der Waals surface area contributed by atoms with Gasteiger partial charge in [0.2, 0.25) is 11.9 Å². The molecule has 0 heterocycles. The molecule has 0 aliphatic heterocycles. The molecule has 0 spiro atoms. The van der Waals surface area contributed by atoms with Crippen molar-refractivity contribution in [1.82, 2.24) is 16.0 Å². The van der Waals surface area contributed by atoms with E-state index in [-0.39, 0.29) is 38.0 Å². The molecule has 0 aliphatic carbocycles. The monoisotopic (exact) mass is 630 g/mol. The Morgan fingerprint density at radius 2 is 1.17 bits per heavy atom. The fourth-order valence-corrected chi connectivity index (χ4v) is 4.16. The first-order valence-corrected chi connectivity index (χ1v) is 15.0. The molecule has 11 nitrogen and oxygen atoms in total. The third-order valence-electron chi connectivity index (χ3n) is 6.34. The zero-order valence-electron chi connectivity index (χ0n) is 26.7. The lowest BCUT2D eigenvalue weighted by atomic mass is 10.0. The molecular formula is C35H42N4O7. The van der Waals surface area contributed by atoms with Crippen molar-refractivity contribution < 1.29 is 33.4 Å². The van der Waals surface area contributed by atoms with E-state index in [1.54, 1.807) is 27.7 Å². The molecule has 0 unspecified atom stereocenters. The number of alkyl carbamates (subject to hydrolysis) is 2. The largest absolute Gasteiger partial charge is 0.460 e. The van der Waals surface area contributed by atoms with Gasteiger partial charge in [0.05, 0.1) is 12.5 Å². The summed E-state index contributed by atoms with van der Waals surface area (Å²) in [6.07, 6.45) is -1.43. The molecule has 3 aromatic rings. The fraction of sp³-hybridized carbons (Fsp3) is 0.343. The average Bonchev–Trinajstić information content (AvgIpc) is 3.02. The number of carbonyl (C=O) groups excluding carboxylic acids is 4. The highest BCUT2D eigenvalue weighted by Gasteiger charge is 2.23. The van der Waals surface area contributed by atoms with Gasteiger partial charge in [0.25, 0.3) is 0 Å². The number of benzene rings is 3. The van der Waals surface area contributed by atoms with Crippen LogP contribution in [0, 0.1) is 5.92 Å². The summed E-state index contributed by atoms with van der Waals surface area (Å²) < 4.78 is 16.0. The van der Waals surface area contributed by atoms with Crippen LogP contribution in [0.5, 0.6) is 0 Å². The lowest BCUT2D eigenvalue weighted by molar-refractivity contribution is -0.157. The predicted molar refractivity (Wildman–Crippen MR) is 174 cm³/mol. The number of guanidine groups is 1. The lowest BCUT2D eigenvalue weighted by Crippen LogP contribution is -2.46. The number of nitrogens with one attached hydrogen (secondary N) is 3. The Bertz CT molecular complexity index is 1380. The number of aliphatic imine (C=N–C) groups is 1. The normalized spacial score (nSPS) is 12.1. The highest BCUT2D eigenvalue weighted by molar-refractivity contribution is 6.01. The van der Waals surface area contributed by atoms with Crippen LogP contribution in [-0.2, 0) is 43.4 Å². The van der Waals surface area contributed by atoms with E-state index in [0.717, 1.165) is 16.7 Å². The van der Waals surface area contributed by atoms with Gasteiger partial charge in [-0.05, 0) is 43.9 Å². The summed E-state index contributed by atoms with van der Waals surface area (Å²) in [7, 11) is 0. The van der Waals surface area contributed by atoms with Crippen molar-refractivity contribution in [2.45, 2.75) is 65.4 Å². The van der Waals surface area contributed by atoms with Crippen molar-refractivity contribution in [3.05, 3.63) is 108 Å². The van der Waals surface area contributed by atoms with Crippen LogP contribution in [0.3, 0.4) is 0 Å². The standard InChI is InChI=1S/C35H42N4O7/c1-25(20-30(40)46-35(2,3)4)31(41)36-22-29(21-26-14-8-5-9-15-26)37-32(38-33(42)44-23-27-16-10-6-11-17-27)39-34(43)45-24-28-18-12-7-13-19-28/h5-19,25,29H,20-24H2,1-4H3,(H,36,41)(H2,37,38,39,42,43)/t25-,29-/m0/s1. The van der Waals surface area contributed by atoms with Crippen molar-refractivity contribution in [3.8, 4) is 0 Å². The molecule has 0 aromatic heterocycles. The molecule has 0 saturated heterocycles. The van der Waals surface area contributed by atoms with E-state index < -0.39 is 35.7 Å². The maximum atomic E-state index is 12.9. The van der Waals surface area contributed by atoms with Gasteiger partial charge in [0.1, 0.15) is 18.8 Å². The minimum Gasteiger partial charge on any atom is -0.460 e. The summed E-state index contributed by atoms with van der Waals surface area (Å²) in [6, 6.07) is 27.0. The Kier molecular flexibility index (Phi) is 13.8. The lowest BCUT2D eigenvalue weighted by Gasteiger charge is -2.21. The second-order valence-electron chi connectivity index (χ2n) is 11.6. The Balaban J connectivity index is 1.75. The Hall–Kier alpha value is -5.19. The van der Waals surface area contributed by atoms with Gasteiger partial charge in [-0.15, -0.1) is 0 Å². The van der Waals surface area contributed by atoms with Gasteiger partial charge in [-0.3, -0.25) is 20.2 Å². The molecule has 3 amide bonds. The molecule has 46 heavy (non-hydrogen) atoms. The number of esters is 1. The number of ether oxygens (including phenoxy) is 3. The Labute approximate surface area is 269 Å². The zero-order chi connectivity index (χ0) is 33.4. The van der Waals surface area contributed by atoms with Gasteiger partial charge < -0.3 is 19.5 Å². The number of hydrogen-bond acceptors (Lipinski definition) is 8. The zero-order valence-corrected chi connectivity index (χ0v) is 26.7. The van der Waals surface area contributed by atoms with Crippen LogP contribution in [-0.4, -0.2) is 48.2 Å². The molecule has 3 rings (SSSR count).